The molecule has 1 aromatic carbocycles. The minimum Gasteiger partial charge on any atom is -0.478 e. The first-order valence-corrected chi connectivity index (χ1v) is 5.96. The smallest absolute Gasteiger partial charge is 0.335 e. The number of aromatic nitrogens is 3. The molecule has 0 fully saturated rings. The van der Waals surface area contributed by atoms with Gasteiger partial charge in [0.25, 0.3) is 0 Å². The van der Waals surface area contributed by atoms with Gasteiger partial charge in [-0.15, -0.1) is 0 Å². The Balaban J connectivity index is 2.10. The molecule has 3 N–H and O–H groups in total. The fraction of sp³-hybridized carbons (Fsp3) is 0. The number of hydrogen-bond donors (Lipinski definition) is 3. The number of rotatable bonds is 3. The molecule has 19 heavy (non-hydrogen) atoms. The van der Waals surface area contributed by atoms with Crippen molar-refractivity contribution < 1.29 is 14.7 Å². The van der Waals surface area contributed by atoms with Crippen LogP contribution in [0.3, 0.4) is 0 Å². The highest BCUT2D eigenvalue weighted by Crippen LogP contribution is 2.19. The lowest BCUT2D eigenvalue weighted by Crippen LogP contribution is -2.19. The number of benzene rings is 1. The van der Waals surface area contributed by atoms with Crippen LogP contribution in [0.4, 0.5) is 15.6 Å². The summed E-state index contributed by atoms with van der Waals surface area (Å²) in [6.45, 7) is 0. The largest absolute Gasteiger partial charge is 0.478 e. The Kier molecular flexibility index (Phi) is 3.88. The van der Waals surface area contributed by atoms with E-state index in [0.717, 1.165) is 11.5 Å². The van der Waals surface area contributed by atoms with E-state index in [0.29, 0.717) is 0 Å². The summed E-state index contributed by atoms with van der Waals surface area (Å²) in [4.78, 5) is 22.4. The third-order valence-corrected chi connectivity index (χ3v) is 2.65. The van der Waals surface area contributed by atoms with E-state index in [2.05, 4.69) is 25.4 Å². The number of halogens is 1. The molecule has 0 aliphatic rings. The van der Waals surface area contributed by atoms with Gasteiger partial charge >= 0.3 is 12.0 Å². The average Bonchev–Trinajstić information content (AvgIpc) is 2.80. The zero-order chi connectivity index (χ0) is 13.8. The lowest BCUT2D eigenvalue weighted by atomic mass is 10.2. The molecule has 0 unspecified atom stereocenters. The maximum atomic E-state index is 11.6. The second-order valence-electron chi connectivity index (χ2n) is 3.28. The van der Waals surface area contributed by atoms with E-state index in [1.165, 1.54) is 18.2 Å². The maximum absolute atomic E-state index is 11.6. The van der Waals surface area contributed by atoms with Crippen molar-refractivity contribution in [2.75, 3.05) is 10.6 Å². The Hall–Kier alpha value is -2.26. The van der Waals surface area contributed by atoms with Gasteiger partial charge in [0.1, 0.15) is 0 Å². The highest BCUT2D eigenvalue weighted by atomic mass is 35.5. The lowest BCUT2D eigenvalue weighted by molar-refractivity contribution is 0.0697. The summed E-state index contributed by atoms with van der Waals surface area (Å²) in [5.41, 5.74) is 0.222. The van der Waals surface area contributed by atoms with E-state index in [-0.39, 0.29) is 21.4 Å². The van der Waals surface area contributed by atoms with Gasteiger partial charge in [-0.2, -0.15) is 0 Å². The van der Waals surface area contributed by atoms with Crippen molar-refractivity contribution in [1.29, 1.82) is 0 Å². The van der Waals surface area contributed by atoms with Crippen LogP contribution in [-0.2, 0) is 0 Å². The van der Waals surface area contributed by atoms with E-state index >= 15 is 0 Å². The number of anilines is 2. The first-order valence-electron chi connectivity index (χ1n) is 4.81. The third kappa shape index (κ3) is 3.60. The van der Waals surface area contributed by atoms with Crippen molar-refractivity contribution in [2.24, 2.45) is 0 Å². The van der Waals surface area contributed by atoms with E-state index in [9.17, 15) is 9.59 Å². The minimum atomic E-state index is -1.14. The number of nitrogens with zero attached hydrogens (tertiary/aromatic N) is 3. The number of aromatic carboxylic acids is 1. The zero-order valence-corrected chi connectivity index (χ0v) is 10.7. The molecule has 0 aliphatic heterocycles. The summed E-state index contributed by atoms with van der Waals surface area (Å²) in [5, 5.41) is 20.9. The number of amides is 2. The van der Waals surface area contributed by atoms with Crippen LogP contribution in [0.2, 0.25) is 5.02 Å². The first-order chi connectivity index (χ1) is 9.04. The van der Waals surface area contributed by atoms with Crippen LogP contribution in [0.15, 0.2) is 18.2 Å². The highest BCUT2D eigenvalue weighted by Gasteiger charge is 2.09. The molecular formula is C9H6ClN5O3S. The van der Waals surface area contributed by atoms with Crippen LogP contribution in [0.25, 0.3) is 0 Å². The van der Waals surface area contributed by atoms with Gasteiger partial charge in [0.05, 0.1) is 5.56 Å². The molecule has 0 aliphatic carbocycles. The lowest BCUT2D eigenvalue weighted by Gasteiger charge is -2.06. The summed E-state index contributed by atoms with van der Waals surface area (Å²) in [5.74, 6) is -1.14. The molecule has 0 saturated heterocycles. The van der Waals surface area contributed by atoms with Crippen LogP contribution in [-0.4, -0.2) is 31.9 Å². The summed E-state index contributed by atoms with van der Waals surface area (Å²) in [6.07, 6.45) is 0. The number of carboxylic acid groups (broad SMARTS) is 1. The van der Waals surface area contributed by atoms with Crippen LogP contribution in [0, 0.1) is 0 Å². The van der Waals surface area contributed by atoms with Gasteiger partial charge in [-0.1, -0.05) is 21.2 Å². The molecule has 2 amide bonds. The van der Waals surface area contributed by atoms with Gasteiger partial charge in [0.15, 0.2) is 0 Å². The van der Waals surface area contributed by atoms with E-state index in [4.69, 9.17) is 16.7 Å². The summed E-state index contributed by atoms with van der Waals surface area (Å²) in [7, 11) is 0. The number of carbonyl (C=O) groups is 2. The predicted molar refractivity (Wildman–Crippen MR) is 68.8 cm³/mol. The Labute approximate surface area is 115 Å². The molecule has 1 heterocycles. The average molecular weight is 300 g/mol. The van der Waals surface area contributed by atoms with Crippen molar-refractivity contribution in [3.05, 3.63) is 28.8 Å². The maximum Gasteiger partial charge on any atom is 0.335 e. The number of carbonyl (C=O) groups excluding carboxylic acids is 1. The zero-order valence-electron chi connectivity index (χ0n) is 9.12. The molecule has 0 spiro atoms. The van der Waals surface area contributed by atoms with Crippen LogP contribution in [0.1, 0.15) is 10.4 Å². The van der Waals surface area contributed by atoms with Crippen molar-refractivity contribution in [2.45, 2.75) is 0 Å². The normalized spacial score (nSPS) is 9.95. The highest BCUT2D eigenvalue weighted by molar-refractivity contribution is 7.09. The Morgan fingerprint density at radius 1 is 1.26 bits per heavy atom. The fourth-order valence-electron chi connectivity index (χ4n) is 1.23. The second-order valence-corrected chi connectivity index (χ2v) is 4.45. The number of hydrogen-bond acceptors (Lipinski definition) is 6. The van der Waals surface area contributed by atoms with Crippen LogP contribution >= 0.6 is 23.1 Å². The van der Waals surface area contributed by atoms with Crippen molar-refractivity contribution >= 4 is 46.0 Å². The van der Waals surface area contributed by atoms with Gasteiger partial charge in [0, 0.05) is 22.2 Å². The number of nitrogens with one attached hydrogen (secondary N) is 2. The standard InChI is InChI=1S/C9H6ClN5O3S/c10-5-1-4(7(16)17)2-6(3-5)11-8(18)12-9-13-14-15-19-9/h1-3H,(H,16,17)(H2,11,12,13,15,18). The monoisotopic (exact) mass is 299 g/mol. The number of carboxylic acids is 1. The van der Waals surface area contributed by atoms with Crippen LogP contribution < -0.4 is 10.6 Å². The van der Waals surface area contributed by atoms with Crippen molar-refractivity contribution in [3.8, 4) is 0 Å². The fourth-order valence-corrected chi connectivity index (χ4v) is 1.82. The summed E-state index contributed by atoms with van der Waals surface area (Å²) in [6, 6.07) is 3.39. The third-order valence-electron chi connectivity index (χ3n) is 1.92. The molecule has 0 radical (unpaired) electrons. The predicted octanol–water partition coefficient (Wildman–Crippen LogP) is 1.93. The SMILES string of the molecule is O=C(Nc1cc(Cl)cc(C(=O)O)c1)Nc1nnns1. The Morgan fingerprint density at radius 2 is 2.05 bits per heavy atom. The molecular weight excluding hydrogens is 294 g/mol. The van der Waals surface area contributed by atoms with E-state index < -0.39 is 12.0 Å². The molecule has 1 aromatic heterocycles. The van der Waals surface area contributed by atoms with Gasteiger partial charge in [-0.3, -0.25) is 5.32 Å². The van der Waals surface area contributed by atoms with Crippen molar-refractivity contribution in [1.82, 2.24) is 14.8 Å². The molecule has 2 rings (SSSR count). The Bertz CT molecular complexity index is 618. The van der Waals surface area contributed by atoms with Gasteiger partial charge < -0.3 is 10.4 Å². The minimum absolute atomic E-state index is 0.0274. The molecule has 0 atom stereocenters. The molecule has 2 aromatic rings. The molecule has 0 saturated carbocycles. The molecule has 98 valence electrons. The first kappa shape index (κ1) is 13.2. The van der Waals surface area contributed by atoms with E-state index in [1.807, 2.05) is 0 Å². The van der Waals surface area contributed by atoms with Crippen molar-refractivity contribution in [3.63, 3.8) is 0 Å². The Morgan fingerprint density at radius 3 is 2.68 bits per heavy atom. The molecule has 8 nitrogen and oxygen atoms in total. The number of urea groups is 1. The molecule has 10 heteroatoms. The van der Waals surface area contributed by atoms with Gasteiger partial charge in [-0.25, -0.2) is 9.59 Å². The van der Waals surface area contributed by atoms with E-state index in [1.54, 1.807) is 0 Å². The second kappa shape index (κ2) is 5.59. The summed E-state index contributed by atoms with van der Waals surface area (Å²) < 4.78 is 3.47. The van der Waals surface area contributed by atoms with Gasteiger partial charge in [0.2, 0.25) is 5.13 Å². The topological polar surface area (TPSA) is 117 Å². The van der Waals surface area contributed by atoms with Crippen LogP contribution in [0.5, 0.6) is 0 Å². The molecule has 0 bridgehead atoms. The van der Waals surface area contributed by atoms with Gasteiger partial charge in [-0.05, 0) is 23.4 Å². The quantitative estimate of drug-likeness (QED) is 0.797. The summed E-state index contributed by atoms with van der Waals surface area (Å²) >= 11 is 6.66.